The first kappa shape index (κ1) is 22.9. The van der Waals surface area contributed by atoms with Crippen molar-refractivity contribution < 1.29 is 28.6 Å². The van der Waals surface area contributed by atoms with Gasteiger partial charge < -0.3 is 19.5 Å². The Hall–Kier alpha value is -3.87. The van der Waals surface area contributed by atoms with Crippen molar-refractivity contribution >= 4 is 11.9 Å². The number of benzene rings is 3. The Labute approximate surface area is 202 Å². The lowest BCUT2D eigenvalue weighted by Gasteiger charge is -2.19. The number of carbonyl (C=O) groups is 2. The standard InChI is InChI=1S/C28H26FNO5/c1-30(2)28(33)22-6-4-3-5-19(22)20-9-11-23(29)27-21(20)10-12-24(27)35-17-7-8-18-16(13-26(31)32)15-34-25(18)14-17/h3-9,11,14,16,24H,10,12-13,15H2,1-2H3,(H,31,32)/t16-,24-/m1/s1. The number of ether oxygens (including phenoxy) is 2. The molecule has 1 aliphatic heterocycles. The fraction of sp³-hybridized carbons (Fsp3) is 0.286. The summed E-state index contributed by atoms with van der Waals surface area (Å²) < 4.78 is 27.0. The molecule has 5 rings (SSSR count). The van der Waals surface area contributed by atoms with Crippen LogP contribution in [0.4, 0.5) is 4.39 Å². The molecule has 6 nitrogen and oxygen atoms in total. The van der Waals surface area contributed by atoms with Gasteiger partial charge in [-0.3, -0.25) is 9.59 Å². The van der Waals surface area contributed by atoms with Crippen molar-refractivity contribution in [1.29, 1.82) is 0 Å². The minimum atomic E-state index is -0.866. The number of amides is 1. The van der Waals surface area contributed by atoms with E-state index in [1.807, 2.05) is 24.3 Å². The first-order valence-electron chi connectivity index (χ1n) is 11.6. The van der Waals surface area contributed by atoms with Crippen LogP contribution in [0, 0.1) is 5.82 Å². The predicted octanol–water partition coefficient (Wildman–Crippen LogP) is 5.21. The van der Waals surface area contributed by atoms with E-state index in [1.165, 1.54) is 11.0 Å². The van der Waals surface area contributed by atoms with Crippen LogP contribution in [0.2, 0.25) is 0 Å². The first-order valence-corrected chi connectivity index (χ1v) is 11.6. The van der Waals surface area contributed by atoms with Crippen molar-refractivity contribution in [2.45, 2.75) is 31.3 Å². The average Bonchev–Trinajstić information content (AvgIpc) is 3.43. The highest BCUT2D eigenvalue weighted by atomic mass is 19.1. The van der Waals surface area contributed by atoms with E-state index in [9.17, 15) is 9.59 Å². The minimum absolute atomic E-state index is 0.00892. The van der Waals surface area contributed by atoms with Gasteiger partial charge >= 0.3 is 5.97 Å². The molecule has 0 aromatic heterocycles. The number of fused-ring (bicyclic) bond motifs is 2. The first-order chi connectivity index (χ1) is 16.8. The number of carboxylic acid groups (broad SMARTS) is 1. The third-order valence-electron chi connectivity index (χ3n) is 6.70. The molecule has 0 saturated carbocycles. The maximum atomic E-state index is 15.1. The molecule has 1 heterocycles. The SMILES string of the molecule is CN(C)C(=O)c1ccccc1-c1ccc(F)c2c1CC[C@H]2Oc1ccc2c(c1)OC[C@H]2CC(=O)O. The molecule has 0 radical (unpaired) electrons. The topological polar surface area (TPSA) is 76.1 Å². The maximum absolute atomic E-state index is 15.1. The fourth-order valence-corrected chi connectivity index (χ4v) is 5.06. The van der Waals surface area contributed by atoms with Crippen LogP contribution in [0.15, 0.2) is 54.6 Å². The van der Waals surface area contributed by atoms with E-state index in [2.05, 4.69) is 0 Å². The van der Waals surface area contributed by atoms with Crippen LogP contribution in [0.3, 0.4) is 0 Å². The highest BCUT2D eigenvalue weighted by molar-refractivity contribution is 6.01. The summed E-state index contributed by atoms with van der Waals surface area (Å²) in [5.74, 6) is -0.337. The monoisotopic (exact) mass is 475 g/mol. The van der Waals surface area contributed by atoms with Crippen LogP contribution in [0.5, 0.6) is 11.5 Å². The van der Waals surface area contributed by atoms with Gasteiger partial charge in [0.05, 0.1) is 13.0 Å². The van der Waals surface area contributed by atoms with Gasteiger partial charge in [-0.15, -0.1) is 0 Å². The van der Waals surface area contributed by atoms with Gasteiger partial charge in [-0.1, -0.05) is 30.3 Å². The number of nitrogens with zero attached hydrogens (tertiary/aromatic N) is 1. The van der Waals surface area contributed by atoms with Crippen molar-refractivity contribution in [1.82, 2.24) is 4.90 Å². The molecule has 1 amide bonds. The Morgan fingerprint density at radius 3 is 2.69 bits per heavy atom. The summed E-state index contributed by atoms with van der Waals surface area (Å²) in [6.45, 7) is 0.320. The molecule has 2 atom stereocenters. The zero-order valence-corrected chi connectivity index (χ0v) is 19.6. The largest absolute Gasteiger partial charge is 0.492 e. The van der Waals surface area contributed by atoms with Crippen molar-refractivity contribution in [3.8, 4) is 22.6 Å². The van der Waals surface area contributed by atoms with Gasteiger partial charge in [0.1, 0.15) is 23.4 Å². The number of hydrogen-bond donors (Lipinski definition) is 1. The highest BCUT2D eigenvalue weighted by Gasteiger charge is 2.32. The summed E-state index contributed by atoms with van der Waals surface area (Å²) in [6, 6.07) is 15.9. The summed E-state index contributed by atoms with van der Waals surface area (Å²) in [7, 11) is 3.42. The second-order valence-corrected chi connectivity index (χ2v) is 9.18. The lowest BCUT2D eigenvalue weighted by atomic mass is 9.92. The van der Waals surface area contributed by atoms with Gasteiger partial charge in [0.15, 0.2) is 0 Å². The summed E-state index contributed by atoms with van der Waals surface area (Å²) in [5.41, 5.74) is 4.41. The Morgan fingerprint density at radius 2 is 1.91 bits per heavy atom. The second kappa shape index (κ2) is 9.06. The Balaban J connectivity index is 1.46. The fourth-order valence-electron chi connectivity index (χ4n) is 5.06. The zero-order valence-electron chi connectivity index (χ0n) is 19.6. The van der Waals surface area contributed by atoms with E-state index in [4.69, 9.17) is 14.6 Å². The third kappa shape index (κ3) is 4.22. The van der Waals surface area contributed by atoms with Crippen LogP contribution < -0.4 is 9.47 Å². The molecule has 180 valence electrons. The summed E-state index contributed by atoms with van der Waals surface area (Å²) >= 11 is 0. The summed E-state index contributed by atoms with van der Waals surface area (Å²) in [5, 5.41) is 9.11. The number of carboxylic acids is 1. The highest BCUT2D eigenvalue weighted by Crippen LogP contribution is 2.44. The van der Waals surface area contributed by atoms with Crippen LogP contribution in [0.1, 0.15) is 51.9 Å². The molecule has 7 heteroatoms. The van der Waals surface area contributed by atoms with Crippen molar-refractivity contribution in [2.75, 3.05) is 20.7 Å². The molecule has 2 aliphatic rings. The van der Waals surface area contributed by atoms with Crippen LogP contribution in [-0.2, 0) is 11.2 Å². The second-order valence-electron chi connectivity index (χ2n) is 9.18. The summed E-state index contributed by atoms with van der Waals surface area (Å²) in [6.07, 6.45) is 0.761. The molecular formula is C28H26FNO5. The zero-order chi connectivity index (χ0) is 24.7. The molecule has 0 bridgehead atoms. The summed E-state index contributed by atoms with van der Waals surface area (Å²) in [4.78, 5) is 25.4. The minimum Gasteiger partial charge on any atom is -0.492 e. The van der Waals surface area contributed by atoms with E-state index < -0.39 is 12.1 Å². The van der Waals surface area contributed by atoms with Crippen molar-refractivity contribution in [3.63, 3.8) is 0 Å². The number of aliphatic carboxylic acids is 1. The lowest BCUT2D eigenvalue weighted by molar-refractivity contribution is -0.137. The predicted molar refractivity (Wildman–Crippen MR) is 128 cm³/mol. The van der Waals surface area contributed by atoms with Gasteiger partial charge in [-0.2, -0.15) is 0 Å². The van der Waals surface area contributed by atoms with Gasteiger partial charge in [0.2, 0.25) is 0 Å². The number of hydrogen-bond acceptors (Lipinski definition) is 4. The molecule has 0 unspecified atom stereocenters. The number of carbonyl (C=O) groups excluding carboxylic acids is 1. The van der Waals surface area contributed by atoms with Crippen LogP contribution in [0.25, 0.3) is 11.1 Å². The molecule has 3 aromatic carbocycles. The maximum Gasteiger partial charge on any atom is 0.304 e. The molecule has 3 aromatic rings. The molecule has 1 aliphatic carbocycles. The average molecular weight is 476 g/mol. The molecular weight excluding hydrogens is 449 g/mol. The lowest BCUT2D eigenvalue weighted by Crippen LogP contribution is -2.22. The number of halogens is 1. The van der Waals surface area contributed by atoms with E-state index in [0.717, 1.165) is 22.3 Å². The van der Waals surface area contributed by atoms with Crippen LogP contribution in [-0.4, -0.2) is 42.6 Å². The molecule has 1 N–H and O–H groups in total. The third-order valence-corrected chi connectivity index (χ3v) is 6.70. The molecule has 35 heavy (non-hydrogen) atoms. The van der Waals surface area contributed by atoms with Crippen molar-refractivity contribution in [3.05, 3.63) is 82.7 Å². The molecule has 0 saturated heterocycles. The smallest absolute Gasteiger partial charge is 0.304 e. The Morgan fingerprint density at radius 1 is 1.11 bits per heavy atom. The molecule has 0 spiro atoms. The van der Waals surface area contributed by atoms with Gasteiger partial charge in [-0.05, 0) is 47.7 Å². The van der Waals surface area contributed by atoms with E-state index in [-0.39, 0.29) is 24.1 Å². The van der Waals surface area contributed by atoms with Gasteiger partial charge in [0, 0.05) is 42.8 Å². The quantitative estimate of drug-likeness (QED) is 0.530. The van der Waals surface area contributed by atoms with E-state index >= 15 is 4.39 Å². The van der Waals surface area contributed by atoms with E-state index in [0.29, 0.717) is 42.1 Å². The van der Waals surface area contributed by atoms with Crippen molar-refractivity contribution in [2.24, 2.45) is 0 Å². The van der Waals surface area contributed by atoms with Crippen LogP contribution >= 0.6 is 0 Å². The Kier molecular flexibility index (Phi) is 5.93. The van der Waals surface area contributed by atoms with E-state index in [1.54, 1.807) is 38.4 Å². The van der Waals surface area contributed by atoms with Gasteiger partial charge in [-0.25, -0.2) is 4.39 Å². The Bertz CT molecular complexity index is 1320. The molecule has 0 fully saturated rings. The van der Waals surface area contributed by atoms with Gasteiger partial charge in [0.25, 0.3) is 5.91 Å². The number of rotatable bonds is 6. The normalized spacial score (nSPS) is 17.9.